The molecule has 222 valence electrons. The maximum Gasteiger partial charge on any atom is 0.408 e. The van der Waals surface area contributed by atoms with E-state index in [1.165, 1.54) is 0 Å². The number of ether oxygens (including phenoxy) is 1. The number of hydrogen-bond donors (Lipinski definition) is 3. The Balaban J connectivity index is 1.78. The first-order valence-electron chi connectivity index (χ1n) is 14.4. The van der Waals surface area contributed by atoms with Crippen LogP contribution in [0.2, 0.25) is 0 Å². The number of alkyl carbamates (subject to hydrolysis) is 1. The maximum atomic E-state index is 14.6. The molecule has 3 N–H and O–H groups in total. The van der Waals surface area contributed by atoms with E-state index in [2.05, 4.69) is 10.6 Å². The minimum atomic E-state index is -1.15. The van der Waals surface area contributed by atoms with Crippen molar-refractivity contribution < 1.29 is 24.2 Å². The summed E-state index contributed by atoms with van der Waals surface area (Å²) < 4.78 is 5.51. The summed E-state index contributed by atoms with van der Waals surface area (Å²) in [6.45, 7) is 10.9. The summed E-state index contributed by atoms with van der Waals surface area (Å²) in [5.74, 6) is -0.792. The number of nitrogens with one attached hydrogen (secondary N) is 2. The van der Waals surface area contributed by atoms with E-state index < -0.39 is 35.6 Å². The first-order valence-corrected chi connectivity index (χ1v) is 14.4. The number of aromatic hydroxyl groups is 1. The molecule has 0 aromatic heterocycles. The van der Waals surface area contributed by atoms with Gasteiger partial charge in [0.05, 0.1) is 0 Å². The zero-order valence-corrected chi connectivity index (χ0v) is 25.2. The second kappa shape index (κ2) is 12.7. The SMILES string of the molecule is Cc1ccccc1NC(=O)C(c1cccc(C)c1O)N(C(=O)C(Cc1ccccc1)NC(=O)OC(C)(C)C)C1CC1C. The van der Waals surface area contributed by atoms with Crippen molar-refractivity contribution in [3.63, 3.8) is 0 Å². The smallest absolute Gasteiger partial charge is 0.408 e. The topological polar surface area (TPSA) is 108 Å². The van der Waals surface area contributed by atoms with Crippen LogP contribution < -0.4 is 10.6 Å². The van der Waals surface area contributed by atoms with Crippen LogP contribution >= 0.6 is 0 Å². The van der Waals surface area contributed by atoms with E-state index >= 15 is 0 Å². The fourth-order valence-corrected chi connectivity index (χ4v) is 5.09. The van der Waals surface area contributed by atoms with Crippen molar-refractivity contribution in [3.05, 3.63) is 95.1 Å². The van der Waals surface area contributed by atoms with Crippen LogP contribution in [0.3, 0.4) is 0 Å². The van der Waals surface area contributed by atoms with Crippen molar-refractivity contribution in [1.82, 2.24) is 10.2 Å². The van der Waals surface area contributed by atoms with Gasteiger partial charge in [0.25, 0.3) is 5.91 Å². The summed E-state index contributed by atoms with van der Waals surface area (Å²) >= 11 is 0. The van der Waals surface area contributed by atoms with Crippen LogP contribution in [0.4, 0.5) is 10.5 Å². The van der Waals surface area contributed by atoms with E-state index in [1.807, 2.05) is 62.4 Å². The molecule has 1 fully saturated rings. The summed E-state index contributed by atoms with van der Waals surface area (Å²) in [5.41, 5.74) is 2.47. The van der Waals surface area contributed by atoms with E-state index in [0.717, 1.165) is 11.1 Å². The molecule has 8 heteroatoms. The number of aryl methyl sites for hydroxylation is 2. The molecule has 4 atom stereocenters. The number of amides is 3. The van der Waals surface area contributed by atoms with Gasteiger partial charge >= 0.3 is 6.09 Å². The molecular formula is C34H41N3O5. The highest BCUT2D eigenvalue weighted by molar-refractivity contribution is 6.00. The fraction of sp³-hybridized carbons (Fsp3) is 0.382. The molecule has 0 saturated heterocycles. The number of carbonyl (C=O) groups is 3. The molecule has 3 amide bonds. The van der Waals surface area contributed by atoms with Crippen LogP contribution in [-0.2, 0) is 20.7 Å². The number of hydrogen-bond acceptors (Lipinski definition) is 5. The van der Waals surface area contributed by atoms with Crippen LogP contribution in [-0.4, -0.2) is 45.6 Å². The molecule has 0 spiro atoms. The highest BCUT2D eigenvalue weighted by atomic mass is 16.6. The van der Waals surface area contributed by atoms with Gasteiger partial charge in [-0.3, -0.25) is 9.59 Å². The molecule has 1 aliphatic carbocycles. The summed E-state index contributed by atoms with van der Waals surface area (Å²) in [6.07, 6.45) is 0.166. The molecule has 0 radical (unpaired) electrons. The summed E-state index contributed by atoms with van der Waals surface area (Å²) in [7, 11) is 0. The summed E-state index contributed by atoms with van der Waals surface area (Å²) in [6, 6.07) is 19.6. The Bertz CT molecular complexity index is 1430. The van der Waals surface area contributed by atoms with Gasteiger partial charge < -0.3 is 25.4 Å². The van der Waals surface area contributed by atoms with Crippen molar-refractivity contribution in [2.45, 2.75) is 78.1 Å². The second-order valence-electron chi connectivity index (χ2n) is 12.1. The standard InChI is InChI=1S/C34H41N3O5/c1-21-13-10-11-18-26(21)35-31(39)29(25-17-12-14-22(2)30(25)38)37(28-19-23(28)3)32(40)27(20-24-15-8-7-9-16-24)36-33(41)42-34(4,5)6/h7-18,23,27-29,38H,19-20H2,1-6H3,(H,35,39)(H,36,41). The zero-order chi connectivity index (χ0) is 30.6. The van der Waals surface area contributed by atoms with Crippen molar-refractivity contribution in [2.24, 2.45) is 5.92 Å². The minimum Gasteiger partial charge on any atom is -0.507 e. The first kappa shape index (κ1) is 30.6. The van der Waals surface area contributed by atoms with Crippen molar-refractivity contribution in [2.75, 3.05) is 5.32 Å². The van der Waals surface area contributed by atoms with Gasteiger partial charge in [0, 0.05) is 23.7 Å². The molecule has 0 heterocycles. The number of phenolic OH excluding ortho intramolecular Hbond substituents is 1. The van der Waals surface area contributed by atoms with Crippen molar-refractivity contribution in [3.8, 4) is 5.75 Å². The Morgan fingerprint density at radius 1 is 0.952 bits per heavy atom. The number of benzene rings is 3. The fourth-order valence-electron chi connectivity index (χ4n) is 5.09. The monoisotopic (exact) mass is 571 g/mol. The molecule has 4 unspecified atom stereocenters. The average molecular weight is 572 g/mol. The summed E-state index contributed by atoms with van der Waals surface area (Å²) in [4.78, 5) is 43.3. The van der Waals surface area contributed by atoms with E-state index in [0.29, 0.717) is 23.2 Å². The lowest BCUT2D eigenvalue weighted by molar-refractivity contribution is -0.141. The normalized spacial score (nSPS) is 17.5. The highest BCUT2D eigenvalue weighted by Gasteiger charge is 2.49. The van der Waals surface area contributed by atoms with Gasteiger partial charge in [0.15, 0.2) is 0 Å². The molecule has 3 aromatic carbocycles. The molecule has 1 aliphatic rings. The highest BCUT2D eigenvalue weighted by Crippen LogP contribution is 2.43. The lowest BCUT2D eigenvalue weighted by Gasteiger charge is -2.35. The van der Waals surface area contributed by atoms with Crippen LogP contribution in [0, 0.1) is 19.8 Å². The number of nitrogens with zero attached hydrogens (tertiary/aromatic N) is 1. The summed E-state index contributed by atoms with van der Waals surface area (Å²) in [5, 5.41) is 17.0. The molecule has 42 heavy (non-hydrogen) atoms. The first-order chi connectivity index (χ1) is 19.9. The molecule has 0 aliphatic heterocycles. The molecule has 4 rings (SSSR count). The van der Waals surface area contributed by atoms with Gasteiger partial charge in [0.2, 0.25) is 5.91 Å². The number of para-hydroxylation sites is 2. The van der Waals surface area contributed by atoms with E-state index in [9.17, 15) is 19.5 Å². The third-order valence-corrected chi connectivity index (χ3v) is 7.44. The van der Waals surface area contributed by atoms with Gasteiger partial charge in [-0.15, -0.1) is 0 Å². The Kier molecular flexibility index (Phi) is 9.24. The van der Waals surface area contributed by atoms with Gasteiger partial charge in [0.1, 0.15) is 23.4 Å². The van der Waals surface area contributed by atoms with Gasteiger partial charge in [-0.05, 0) is 69.7 Å². The Labute approximate surface area is 248 Å². The van der Waals surface area contributed by atoms with Gasteiger partial charge in [-0.25, -0.2) is 4.79 Å². The third kappa shape index (κ3) is 7.49. The Morgan fingerprint density at radius 2 is 1.57 bits per heavy atom. The van der Waals surface area contributed by atoms with Gasteiger partial charge in [-0.2, -0.15) is 0 Å². The van der Waals surface area contributed by atoms with Gasteiger partial charge in [-0.1, -0.05) is 73.7 Å². The zero-order valence-electron chi connectivity index (χ0n) is 25.2. The molecule has 8 nitrogen and oxygen atoms in total. The Hall–Kier alpha value is -4.33. The number of phenols is 1. The van der Waals surface area contributed by atoms with E-state index in [1.54, 1.807) is 56.9 Å². The number of carbonyl (C=O) groups excluding carboxylic acids is 3. The van der Waals surface area contributed by atoms with Crippen LogP contribution in [0.5, 0.6) is 5.75 Å². The van der Waals surface area contributed by atoms with E-state index in [4.69, 9.17) is 4.74 Å². The predicted octanol–water partition coefficient (Wildman–Crippen LogP) is 6.06. The minimum absolute atomic E-state index is 0.0479. The molecule has 3 aromatic rings. The largest absolute Gasteiger partial charge is 0.507 e. The lowest BCUT2D eigenvalue weighted by Crippen LogP contribution is -2.54. The van der Waals surface area contributed by atoms with Crippen LogP contribution in [0.1, 0.15) is 62.4 Å². The number of rotatable bonds is 9. The predicted molar refractivity (Wildman–Crippen MR) is 163 cm³/mol. The third-order valence-electron chi connectivity index (χ3n) is 7.44. The molecular weight excluding hydrogens is 530 g/mol. The van der Waals surface area contributed by atoms with Crippen molar-refractivity contribution in [1.29, 1.82) is 0 Å². The van der Waals surface area contributed by atoms with Crippen LogP contribution in [0.25, 0.3) is 0 Å². The second-order valence-corrected chi connectivity index (χ2v) is 12.1. The maximum absolute atomic E-state index is 14.6. The molecule has 1 saturated carbocycles. The van der Waals surface area contributed by atoms with Crippen molar-refractivity contribution >= 4 is 23.6 Å². The van der Waals surface area contributed by atoms with Crippen LogP contribution in [0.15, 0.2) is 72.8 Å². The average Bonchev–Trinajstić information content (AvgIpc) is 3.64. The quantitative estimate of drug-likeness (QED) is 0.289. The lowest BCUT2D eigenvalue weighted by atomic mass is 9.97. The Morgan fingerprint density at radius 3 is 2.19 bits per heavy atom. The number of anilines is 1. The van der Waals surface area contributed by atoms with E-state index in [-0.39, 0.29) is 24.1 Å². The molecule has 0 bridgehead atoms.